The van der Waals surface area contributed by atoms with Crippen LogP contribution in [0.3, 0.4) is 0 Å². The first kappa shape index (κ1) is 9.90. The second-order valence-corrected chi connectivity index (χ2v) is 4.10. The molecule has 0 unspecified atom stereocenters. The second kappa shape index (κ2) is 4.26. The number of aromatic nitrogens is 3. The quantitative estimate of drug-likeness (QED) is 0.763. The van der Waals surface area contributed by atoms with Gasteiger partial charge in [0.05, 0.1) is 18.1 Å². The van der Waals surface area contributed by atoms with Gasteiger partial charge in [0.1, 0.15) is 0 Å². The van der Waals surface area contributed by atoms with Crippen molar-refractivity contribution < 1.29 is 0 Å². The molecule has 0 radical (unpaired) electrons. The van der Waals surface area contributed by atoms with Gasteiger partial charge >= 0.3 is 0 Å². The molecule has 0 aromatic carbocycles. The molecular weight excluding hydrogens is 186 g/mol. The molecule has 2 rings (SSSR count). The molecule has 0 aliphatic carbocycles. The Morgan fingerprint density at radius 2 is 2.20 bits per heavy atom. The molecule has 0 amide bonds. The van der Waals surface area contributed by atoms with Crippen LogP contribution >= 0.6 is 0 Å². The summed E-state index contributed by atoms with van der Waals surface area (Å²) < 4.78 is 1.87. The topological polar surface area (TPSA) is 30.7 Å². The van der Waals surface area contributed by atoms with Gasteiger partial charge in [0.2, 0.25) is 0 Å². The molecule has 0 aliphatic rings. The summed E-state index contributed by atoms with van der Waals surface area (Å²) in [7, 11) is 0. The van der Waals surface area contributed by atoms with E-state index < -0.39 is 0 Å². The smallest absolute Gasteiger partial charge is 0.0828 e. The number of hydrogen-bond acceptors (Lipinski definition) is 2. The molecule has 3 heteroatoms. The van der Waals surface area contributed by atoms with E-state index in [0.717, 1.165) is 12.1 Å². The van der Waals surface area contributed by atoms with Crippen molar-refractivity contribution in [1.82, 2.24) is 14.8 Å². The first-order valence-electron chi connectivity index (χ1n) is 5.19. The molecule has 0 aliphatic heterocycles. The van der Waals surface area contributed by atoms with Crippen molar-refractivity contribution in [3.8, 4) is 5.69 Å². The maximum absolute atomic E-state index is 4.32. The first-order valence-corrected chi connectivity index (χ1v) is 5.19. The molecule has 0 spiro atoms. The highest BCUT2D eigenvalue weighted by molar-refractivity contribution is 5.27. The molecule has 0 fully saturated rings. The van der Waals surface area contributed by atoms with E-state index in [4.69, 9.17) is 0 Å². The summed E-state index contributed by atoms with van der Waals surface area (Å²) in [5.41, 5.74) is 2.28. The Labute approximate surface area is 89.8 Å². The first-order chi connectivity index (χ1) is 7.25. The van der Waals surface area contributed by atoms with Gasteiger partial charge < -0.3 is 0 Å². The van der Waals surface area contributed by atoms with E-state index in [1.54, 1.807) is 6.20 Å². The van der Waals surface area contributed by atoms with Crippen LogP contribution in [0.5, 0.6) is 0 Å². The zero-order chi connectivity index (χ0) is 10.7. The fraction of sp³-hybridized carbons (Fsp3) is 0.333. The largest absolute Gasteiger partial charge is 0.262 e. The van der Waals surface area contributed by atoms with E-state index in [1.807, 2.05) is 29.2 Å². The molecule has 0 saturated carbocycles. The standard InChI is InChI=1S/C12H15N3/c1-10(2)6-11-7-14-15(9-11)12-4-3-5-13-8-12/h3-5,7-10H,6H2,1-2H3. The van der Waals surface area contributed by atoms with E-state index in [2.05, 4.69) is 30.1 Å². The molecule has 15 heavy (non-hydrogen) atoms. The number of nitrogens with zero attached hydrogens (tertiary/aromatic N) is 3. The van der Waals surface area contributed by atoms with Crippen LogP contribution in [0, 0.1) is 5.92 Å². The highest BCUT2D eigenvalue weighted by Gasteiger charge is 2.02. The lowest BCUT2D eigenvalue weighted by atomic mass is 10.1. The van der Waals surface area contributed by atoms with Crippen LogP contribution in [0.25, 0.3) is 5.69 Å². The van der Waals surface area contributed by atoms with E-state index in [9.17, 15) is 0 Å². The fourth-order valence-corrected chi connectivity index (χ4v) is 1.57. The Hall–Kier alpha value is -1.64. The highest BCUT2D eigenvalue weighted by Crippen LogP contribution is 2.10. The molecule has 2 aromatic rings. The molecule has 0 bridgehead atoms. The molecule has 2 heterocycles. The van der Waals surface area contributed by atoms with E-state index in [0.29, 0.717) is 5.92 Å². The van der Waals surface area contributed by atoms with Crippen molar-refractivity contribution in [2.24, 2.45) is 5.92 Å². The summed E-state index contributed by atoms with van der Waals surface area (Å²) in [6, 6.07) is 3.91. The minimum absolute atomic E-state index is 0.663. The average Bonchev–Trinajstić information content (AvgIpc) is 2.67. The lowest BCUT2D eigenvalue weighted by Gasteiger charge is -2.00. The number of pyridine rings is 1. The van der Waals surface area contributed by atoms with Crippen LogP contribution in [0.1, 0.15) is 19.4 Å². The minimum atomic E-state index is 0.663. The monoisotopic (exact) mass is 201 g/mol. The van der Waals surface area contributed by atoms with Crippen molar-refractivity contribution >= 4 is 0 Å². The summed E-state index contributed by atoms with van der Waals surface area (Å²) in [6.45, 7) is 4.42. The predicted molar refractivity (Wildman–Crippen MR) is 59.9 cm³/mol. The van der Waals surface area contributed by atoms with Crippen molar-refractivity contribution in [1.29, 1.82) is 0 Å². The lowest BCUT2D eigenvalue weighted by molar-refractivity contribution is 0.647. The van der Waals surface area contributed by atoms with Gasteiger partial charge in [-0.15, -0.1) is 0 Å². The van der Waals surface area contributed by atoms with E-state index in [1.165, 1.54) is 5.56 Å². The van der Waals surface area contributed by atoms with Crippen LogP contribution in [0.15, 0.2) is 36.9 Å². The van der Waals surface area contributed by atoms with E-state index >= 15 is 0 Å². The summed E-state index contributed by atoms with van der Waals surface area (Å²) in [5, 5.41) is 4.32. The van der Waals surface area contributed by atoms with Gasteiger partial charge in [-0.3, -0.25) is 4.98 Å². The molecular formula is C12H15N3. The fourth-order valence-electron chi connectivity index (χ4n) is 1.57. The summed E-state index contributed by atoms with van der Waals surface area (Å²) >= 11 is 0. The van der Waals surface area contributed by atoms with Gasteiger partial charge in [-0.2, -0.15) is 5.10 Å². The van der Waals surface area contributed by atoms with Gasteiger partial charge in [0.15, 0.2) is 0 Å². The predicted octanol–water partition coefficient (Wildman–Crippen LogP) is 2.47. The molecule has 0 saturated heterocycles. The Kier molecular flexibility index (Phi) is 2.81. The van der Waals surface area contributed by atoms with Crippen LogP contribution in [0.4, 0.5) is 0 Å². The molecule has 0 atom stereocenters. The maximum Gasteiger partial charge on any atom is 0.0828 e. The molecule has 78 valence electrons. The van der Waals surface area contributed by atoms with Gasteiger partial charge in [0, 0.05) is 12.4 Å². The van der Waals surface area contributed by atoms with Crippen LogP contribution in [-0.4, -0.2) is 14.8 Å². The van der Waals surface area contributed by atoms with Crippen LogP contribution < -0.4 is 0 Å². The molecule has 2 aromatic heterocycles. The lowest BCUT2D eigenvalue weighted by Crippen LogP contribution is -1.95. The third-order valence-corrected chi connectivity index (χ3v) is 2.19. The summed E-state index contributed by atoms with van der Waals surface area (Å²) in [5.74, 6) is 0.663. The SMILES string of the molecule is CC(C)Cc1cnn(-c2cccnc2)c1. The van der Waals surface area contributed by atoms with Crippen molar-refractivity contribution in [2.45, 2.75) is 20.3 Å². The van der Waals surface area contributed by atoms with Gasteiger partial charge in [0.25, 0.3) is 0 Å². The second-order valence-electron chi connectivity index (χ2n) is 4.10. The van der Waals surface area contributed by atoms with Crippen LogP contribution in [-0.2, 0) is 6.42 Å². The molecule has 0 N–H and O–H groups in total. The minimum Gasteiger partial charge on any atom is -0.262 e. The third kappa shape index (κ3) is 2.43. The van der Waals surface area contributed by atoms with E-state index in [-0.39, 0.29) is 0 Å². The zero-order valence-corrected chi connectivity index (χ0v) is 9.09. The van der Waals surface area contributed by atoms with Gasteiger partial charge in [-0.05, 0) is 30.0 Å². The Bertz CT molecular complexity index is 417. The summed E-state index contributed by atoms with van der Waals surface area (Å²) in [6.07, 6.45) is 8.64. The normalized spacial score (nSPS) is 10.9. The Balaban J connectivity index is 2.21. The maximum atomic E-state index is 4.32. The zero-order valence-electron chi connectivity index (χ0n) is 9.09. The van der Waals surface area contributed by atoms with Gasteiger partial charge in [-0.1, -0.05) is 13.8 Å². The van der Waals surface area contributed by atoms with Crippen molar-refractivity contribution in [3.05, 3.63) is 42.5 Å². The summed E-state index contributed by atoms with van der Waals surface area (Å²) in [4.78, 5) is 4.07. The van der Waals surface area contributed by atoms with Crippen molar-refractivity contribution in [2.75, 3.05) is 0 Å². The number of hydrogen-bond donors (Lipinski definition) is 0. The Morgan fingerprint density at radius 1 is 1.33 bits per heavy atom. The van der Waals surface area contributed by atoms with Crippen molar-refractivity contribution in [3.63, 3.8) is 0 Å². The number of rotatable bonds is 3. The Morgan fingerprint density at radius 3 is 2.87 bits per heavy atom. The highest BCUT2D eigenvalue weighted by atomic mass is 15.3. The van der Waals surface area contributed by atoms with Gasteiger partial charge in [-0.25, -0.2) is 4.68 Å². The van der Waals surface area contributed by atoms with Crippen LogP contribution in [0.2, 0.25) is 0 Å². The average molecular weight is 201 g/mol. The third-order valence-electron chi connectivity index (χ3n) is 2.19. The molecule has 3 nitrogen and oxygen atoms in total.